The second-order valence-electron chi connectivity index (χ2n) is 2.79. The van der Waals surface area contributed by atoms with Crippen LogP contribution in [0, 0.1) is 0 Å². The predicted molar refractivity (Wildman–Crippen MR) is 52.3 cm³/mol. The van der Waals surface area contributed by atoms with Crippen LogP contribution in [0.2, 0.25) is 0 Å². The van der Waals surface area contributed by atoms with Crippen LogP contribution in [0.4, 0.5) is 0 Å². The first kappa shape index (κ1) is 12.9. The molecule has 0 saturated heterocycles. The maximum atomic E-state index is 11.2. The fourth-order valence-corrected chi connectivity index (χ4v) is 0.794. The zero-order valence-electron chi connectivity index (χ0n) is 8.69. The maximum Gasteiger partial charge on any atom is 0.336 e. The van der Waals surface area contributed by atoms with Gasteiger partial charge in [0.15, 0.2) is 6.29 Å². The molecule has 4 heteroatoms. The number of rotatable bonds is 5. The lowest BCUT2D eigenvalue weighted by atomic mass is 10.3. The number of carbonyl (C=O) groups excluding carboxylic acids is 1. The van der Waals surface area contributed by atoms with Gasteiger partial charge in [0.2, 0.25) is 6.29 Å². The van der Waals surface area contributed by atoms with Crippen LogP contribution >= 0.6 is 0 Å². The summed E-state index contributed by atoms with van der Waals surface area (Å²) in [6, 6.07) is 0. The van der Waals surface area contributed by atoms with Gasteiger partial charge >= 0.3 is 5.97 Å². The Bertz CT molecular complexity index is 230. The Morgan fingerprint density at radius 3 is 2.50 bits per heavy atom. The molecule has 0 aliphatic heterocycles. The molecule has 0 aromatic heterocycles. The summed E-state index contributed by atoms with van der Waals surface area (Å²) in [5.41, 5.74) is 0.432. The average Bonchev–Trinajstić information content (AvgIpc) is 2.02. The van der Waals surface area contributed by atoms with E-state index in [1.54, 1.807) is 6.92 Å². The molecule has 4 nitrogen and oxygen atoms in total. The lowest BCUT2D eigenvalue weighted by Gasteiger charge is -2.15. The standard InChI is InChI=1S/C10H16O4/c1-5-6-7(2)10(12)14-9(4)13-8(3)11/h5-6,8-9,11H,1H2,2-4H3/b7-6+. The van der Waals surface area contributed by atoms with E-state index in [4.69, 9.17) is 14.6 Å². The van der Waals surface area contributed by atoms with E-state index in [-0.39, 0.29) is 0 Å². The van der Waals surface area contributed by atoms with Crippen LogP contribution in [0.25, 0.3) is 0 Å². The monoisotopic (exact) mass is 200 g/mol. The molecule has 1 N–H and O–H groups in total. The molecule has 0 radical (unpaired) electrons. The third-order valence-electron chi connectivity index (χ3n) is 1.35. The fraction of sp³-hybridized carbons (Fsp3) is 0.500. The molecule has 0 rings (SSSR count). The Labute approximate surface area is 83.8 Å². The lowest BCUT2D eigenvalue weighted by molar-refractivity contribution is -0.211. The van der Waals surface area contributed by atoms with Crippen LogP contribution in [-0.2, 0) is 14.3 Å². The van der Waals surface area contributed by atoms with Crippen LogP contribution in [0.15, 0.2) is 24.3 Å². The lowest BCUT2D eigenvalue weighted by Crippen LogP contribution is -2.23. The van der Waals surface area contributed by atoms with Crippen molar-refractivity contribution in [2.75, 3.05) is 0 Å². The first-order valence-corrected chi connectivity index (χ1v) is 4.31. The topological polar surface area (TPSA) is 55.8 Å². The fourth-order valence-electron chi connectivity index (χ4n) is 0.794. The second-order valence-corrected chi connectivity index (χ2v) is 2.79. The molecule has 14 heavy (non-hydrogen) atoms. The summed E-state index contributed by atoms with van der Waals surface area (Å²) in [6.07, 6.45) is 1.31. The average molecular weight is 200 g/mol. The first-order valence-electron chi connectivity index (χ1n) is 4.31. The van der Waals surface area contributed by atoms with E-state index in [0.717, 1.165) is 0 Å². The third kappa shape index (κ3) is 5.50. The molecule has 0 aliphatic rings. The number of allylic oxidation sites excluding steroid dienone is 2. The van der Waals surface area contributed by atoms with Crippen LogP contribution < -0.4 is 0 Å². The van der Waals surface area contributed by atoms with E-state index in [2.05, 4.69) is 6.58 Å². The van der Waals surface area contributed by atoms with Crippen molar-refractivity contribution in [1.82, 2.24) is 0 Å². The van der Waals surface area contributed by atoms with E-state index in [9.17, 15) is 4.79 Å². The van der Waals surface area contributed by atoms with Crippen molar-refractivity contribution in [2.24, 2.45) is 0 Å². The van der Waals surface area contributed by atoms with Crippen molar-refractivity contribution in [1.29, 1.82) is 0 Å². The number of esters is 1. The summed E-state index contributed by atoms with van der Waals surface area (Å²) in [5.74, 6) is -0.488. The zero-order valence-corrected chi connectivity index (χ0v) is 8.69. The number of carbonyl (C=O) groups is 1. The molecule has 2 unspecified atom stereocenters. The minimum Gasteiger partial charge on any atom is -0.433 e. The summed E-state index contributed by atoms with van der Waals surface area (Å²) in [7, 11) is 0. The summed E-state index contributed by atoms with van der Waals surface area (Å²) in [4.78, 5) is 11.2. The highest BCUT2D eigenvalue weighted by Crippen LogP contribution is 2.03. The Kier molecular flexibility index (Phi) is 5.83. The van der Waals surface area contributed by atoms with Gasteiger partial charge in [0.05, 0.1) is 0 Å². The van der Waals surface area contributed by atoms with Gasteiger partial charge < -0.3 is 14.6 Å². The van der Waals surface area contributed by atoms with E-state index in [1.807, 2.05) is 0 Å². The van der Waals surface area contributed by atoms with Crippen molar-refractivity contribution in [3.05, 3.63) is 24.3 Å². The van der Waals surface area contributed by atoms with Gasteiger partial charge in [-0.3, -0.25) is 0 Å². The number of hydrogen-bond donors (Lipinski definition) is 1. The Hall–Kier alpha value is -1.13. The van der Waals surface area contributed by atoms with Crippen molar-refractivity contribution in [2.45, 2.75) is 33.4 Å². The van der Waals surface area contributed by atoms with Gasteiger partial charge in [0.25, 0.3) is 0 Å². The second kappa shape index (κ2) is 6.34. The quantitative estimate of drug-likeness (QED) is 0.315. The summed E-state index contributed by atoms with van der Waals surface area (Å²) < 4.78 is 9.65. The minimum atomic E-state index is -0.957. The molecule has 0 aromatic carbocycles. The molecule has 0 aromatic rings. The van der Waals surface area contributed by atoms with Crippen molar-refractivity contribution >= 4 is 5.97 Å². The van der Waals surface area contributed by atoms with E-state index < -0.39 is 18.5 Å². The van der Waals surface area contributed by atoms with Gasteiger partial charge in [-0.1, -0.05) is 18.7 Å². The third-order valence-corrected chi connectivity index (χ3v) is 1.35. The minimum absolute atomic E-state index is 0.432. The van der Waals surface area contributed by atoms with Gasteiger partial charge in [-0.05, 0) is 20.8 Å². The molecular weight excluding hydrogens is 184 g/mol. The highest BCUT2D eigenvalue weighted by atomic mass is 16.7. The number of hydrogen-bond acceptors (Lipinski definition) is 4. The van der Waals surface area contributed by atoms with Crippen LogP contribution in [0.3, 0.4) is 0 Å². The van der Waals surface area contributed by atoms with Crippen molar-refractivity contribution in [3.63, 3.8) is 0 Å². The molecule has 0 bridgehead atoms. The van der Waals surface area contributed by atoms with Gasteiger partial charge in [0, 0.05) is 5.57 Å². The van der Waals surface area contributed by atoms with E-state index >= 15 is 0 Å². The van der Waals surface area contributed by atoms with E-state index in [1.165, 1.54) is 26.0 Å². The van der Waals surface area contributed by atoms with E-state index in [0.29, 0.717) is 5.57 Å². The number of ether oxygens (including phenoxy) is 2. The van der Waals surface area contributed by atoms with Gasteiger partial charge in [0.1, 0.15) is 0 Å². The molecule has 0 fully saturated rings. The zero-order chi connectivity index (χ0) is 11.1. The molecule has 0 saturated carbocycles. The molecule has 80 valence electrons. The van der Waals surface area contributed by atoms with Crippen molar-refractivity contribution < 1.29 is 19.4 Å². The Morgan fingerprint density at radius 1 is 1.50 bits per heavy atom. The SMILES string of the molecule is C=C/C=C(\C)C(=O)OC(C)OC(C)O. The Balaban J connectivity index is 4.05. The first-order chi connectivity index (χ1) is 6.47. The molecule has 2 atom stereocenters. The predicted octanol–water partition coefficient (Wildman–Crippen LogP) is 1.36. The van der Waals surface area contributed by atoms with Crippen LogP contribution in [0.5, 0.6) is 0 Å². The van der Waals surface area contributed by atoms with Gasteiger partial charge in [-0.25, -0.2) is 4.79 Å². The molecule has 0 spiro atoms. The number of aliphatic hydroxyl groups excluding tert-OH is 1. The smallest absolute Gasteiger partial charge is 0.336 e. The summed E-state index contributed by atoms with van der Waals surface area (Å²) in [5, 5.41) is 8.83. The normalized spacial score (nSPS) is 15.9. The van der Waals surface area contributed by atoms with Crippen LogP contribution in [0.1, 0.15) is 20.8 Å². The van der Waals surface area contributed by atoms with Crippen molar-refractivity contribution in [3.8, 4) is 0 Å². The molecular formula is C10H16O4. The number of aliphatic hydroxyl groups is 1. The molecule has 0 heterocycles. The van der Waals surface area contributed by atoms with Gasteiger partial charge in [-0.15, -0.1) is 0 Å². The van der Waals surface area contributed by atoms with Gasteiger partial charge in [-0.2, -0.15) is 0 Å². The molecule has 0 aliphatic carbocycles. The maximum absolute atomic E-state index is 11.2. The molecule has 0 amide bonds. The van der Waals surface area contributed by atoms with Crippen LogP contribution in [-0.4, -0.2) is 23.7 Å². The Morgan fingerprint density at radius 2 is 2.07 bits per heavy atom. The highest BCUT2D eigenvalue weighted by Gasteiger charge is 2.12. The summed E-state index contributed by atoms with van der Waals surface area (Å²) >= 11 is 0. The summed E-state index contributed by atoms with van der Waals surface area (Å²) in [6.45, 7) is 8.04. The highest BCUT2D eigenvalue weighted by molar-refractivity contribution is 5.88. The largest absolute Gasteiger partial charge is 0.433 e.